The van der Waals surface area contributed by atoms with Crippen molar-refractivity contribution in [2.45, 2.75) is 19.3 Å². The van der Waals surface area contributed by atoms with Crippen LogP contribution in [0.15, 0.2) is 53.9 Å². The Hall–Kier alpha value is -2.92. The highest BCUT2D eigenvalue weighted by Gasteiger charge is 2.59. The molecule has 0 radical (unpaired) electrons. The van der Waals surface area contributed by atoms with Gasteiger partial charge in [-0.2, -0.15) is 5.26 Å². The van der Waals surface area contributed by atoms with E-state index >= 15 is 0 Å². The maximum Gasteiger partial charge on any atom is 0.131 e. The zero-order valence-electron chi connectivity index (χ0n) is 13.7. The average molecular weight is 332 g/mol. The molecule has 1 aliphatic heterocycles. The maximum atomic E-state index is 14.1. The van der Waals surface area contributed by atoms with Crippen molar-refractivity contribution in [1.82, 2.24) is 14.9 Å². The third-order valence-corrected chi connectivity index (χ3v) is 5.01. The summed E-state index contributed by atoms with van der Waals surface area (Å²) in [5.41, 5.74) is 2.37. The Morgan fingerprint density at radius 1 is 1.36 bits per heavy atom. The Morgan fingerprint density at radius 3 is 3.08 bits per heavy atom. The fourth-order valence-corrected chi connectivity index (χ4v) is 3.58. The molecule has 3 aliphatic rings. The number of nitriles is 1. The van der Waals surface area contributed by atoms with Gasteiger partial charge < -0.3 is 4.90 Å². The largest absolute Gasteiger partial charge is 0.370 e. The van der Waals surface area contributed by atoms with Crippen LogP contribution >= 0.6 is 0 Å². The first-order valence-electron chi connectivity index (χ1n) is 8.35. The summed E-state index contributed by atoms with van der Waals surface area (Å²) in [7, 11) is 0. The number of aromatic nitrogens is 2. The van der Waals surface area contributed by atoms with Crippen molar-refractivity contribution in [1.29, 1.82) is 5.26 Å². The molecule has 0 spiro atoms. The normalized spacial score (nSPS) is 27.0. The van der Waals surface area contributed by atoms with E-state index in [2.05, 4.69) is 32.8 Å². The van der Waals surface area contributed by atoms with Gasteiger partial charge in [0.15, 0.2) is 0 Å². The second-order valence-electron chi connectivity index (χ2n) is 6.80. The zero-order valence-corrected chi connectivity index (χ0v) is 13.7. The van der Waals surface area contributed by atoms with Gasteiger partial charge in [0.05, 0.1) is 24.1 Å². The fraction of sp³-hybridized carbons (Fsp3) is 0.350. The van der Waals surface area contributed by atoms with Crippen molar-refractivity contribution in [2.24, 2.45) is 11.3 Å². The molecule has 1 aromatic heterocycles. The summed E-state index contributed by atoms with van der Waals surface area (Å²) >= 11 is 0. The first-order valence-corrected chi connectivity index (χ1v) is 8.35. The van der Waals surface area contributed by atoms with Gasteiger partial charge >= 0.3 is 0 Å². The summed E-state index contributed by atoms with van der Waals surface area (Å²) in [6, 6.07) is 2.09. The standard InChI is InChI=1S/C20H17FN4/c21-17-9-15(4-6-22)1-2-19(10-17)25-13-16-11-20(16,14-25)5-3-18-12-23-7-8-24-18/h1-2,7-8,10,12,16H,4,9,11,13-14H2. The van der Waals surface area contributed by atoms with Crippen molar-refractivity contribution in [3.63, 3.8) is 0 Å². The maximum absolute atomic E-state index is 14.1. The third kappa shape index (κ3) is 3.19. The van der Waals surface area contributed by atoms with E-state index < -0.39 is 0 Å². The predicted octanol–water partition coefficient (Wildman–Crippen LogP) is 3.13. The van der Waals surface area contributed by atoms with E-state index in [0.717, 1.165) is 30.8 Å². The molecule has 0 amide bonds. The number of fused-ring (bicyclic) bond motifs is 1. The number of piperidine rings is 1. The van der Waals surface area contributed by atoms with Gasteiger partial charge in [-0.1, -0.05) is 12.0 Å². The van der Waals surface area contributed by atoms with Gasteiger partial charge in [-0.15, -0.1) is 0 Å². The number of halogens is 1. The quantitative estimate of drug-likeness (QED) is 0.781. The molecule has 4 nitrogen and oxygen atoms in total. The second kappa shape index (κ2) is 6.18. The summed E-state index contributed by atoms with van der Waals surface area (Å²) in [6.07, 6.45) is 11.9. The molecule has 2 aliphatic carbocycles. The summed E-state index contributed by atoms with van der Waals surface area (Å²) in [4.78, 5) is 10.4. The van der Waals surface area contributed by atoms with Crippen LogP contribution in [0.2, 0.25) is 0 Å². The highest BCUT2D eigenvalue weighted by Crippen LogP contribution is 2.58. The Morgan fingerprint density at radius 2 is 2.28 bits per heavy atom. The van der Waals surface area contributed by atoms with Crippen LogP contribution in [0.5, 0.6) is 0 Å². The molecule has 5 heteroatoms. The van der Waals surface area contributed by atoms with Crippen LogP contribution < -0.4 is 0 Å². The summed E-state index contributed by atoms with van der Waals surface area (Å²) in [5, 5.41) is 8.81. The van der Waals surface area contributed by atoms with Gasteiger partial charge in [0.1, 0.15) is 11.5 Å². The van der Waals surface area contributed by atoms with Crippen molar-refractivity contribution in [3.8, 4) is 17.9 Å². The van der Waals surface area contributed by atoms with Crippen LogP contribution in [-0.4, -0.2) is 28.0 Å². The Kier molecular flexibility index (Phi) is 3.86. The molecule has 4 rings (SSSR count). The summed E-state index contributed by atoms with van der Waals surface area (Å²) < 4.78 is 14.1. The van der Waals surface area contributed by atoms with Crippen molar-refractivity contribution in [2.75, 3.05) is 13.1 Å². The number of nitrogens with zero attached hydrogens (tertiary/aromatic N) is 4. The highest BCUT2D eigenvalue weighted by atomic mass is 19.1. The van der Waals surface area contributed by atoms with Crippen LogP contribution in [0.4, 0.5) is 4.39 Å². The molecular weight excluding hydrogens is 315 g/mol. The Balaban J connectivity index is 1.51. The minimum absolute atomic E-state index is 0.00577. The number of rotatable bonds is 2. The molecule has 1 saturated carbocycles. The Labute approximate surface area is 146 Å². The lowest BCUT2D eigenvalue weighted by Gasteiger charge is -2.22. The van der Waals surface area contributed by atoms with Crippen molar-refractivity contribution >= 4 is 0 Å². The lowest BCUT2D eigenvalue weighted by Crippen LogP contribution is -2.23. The van der Waals surface area contributed by atoms with E-state index in [1.165, 1.54) is 0 Å². The van der Waals surface area contributed by atoms with Crippen LogP contribution in [0, 0.1) is 34.5 Å². The lowest BCUT2D eigenvalue weighted by molar-refractivity contribution is 0.378. The predicted molar refractivity (Wildman–Crippen MR) is 91.2 cm³/mol. The second-order valence-corrected chi connectivity index (χ2v) is 6.80. The fourth-order valence-electron chi connectivity index (χ4n) is 3.58. The molecule has 0 N–H and O–H groups in total. The van der Waals surface area contributed by atoms with E-state index in [0.29, 0.717) is 11.6 Å². The number of hydrogen-bond acceptors (Lipinski definition) is 4. The third-order valence-electron chi connectivity index (χ3n) is 5.01. The molecule has 2 fully saturated rings. The number of hydrogen-bond donors (Lipinski definition) is 0. The number of allylic oxidation sites excluding steroid dienone is 5. The molecule has 2 heterocycles. The molecule has 1 saturated heterocycles. The van der Waals surface area contributed by atoms with E-state index in [-0.39, 0.29) is 24.1 Å². The van der Waals surface area contributed by atoms with Gasteiger partial charge in [-0.25, -0.2) is 9.37 Å². The van der Waals surface area contributed by atoms with E-state index in [9.17, 15) is 4.39 Å². The van der Waals surface area contributed by atoms with Gasteiger partial charge in [0, 0.05) is 37.6 Å². The zero-order chi connectivity index (χ0) is 17.3. The lowest BCUT2D eigenvalue weighted by atomic mass is 10.1. The molecule has 2 unspecified atom stereocenters. The molecule has 0 aromatic carbocycles. The Bertz CT molecular complexity index is 882. The van der Waals surface area contributed by atoms with Crippen LogP contribution in [0.3, 0.4) is 0 Å². The average Bonchev–Trinajstić information content (AvgIpc) is 3.23. The first kappa shape index (κ1) is 15.6. The van der Waals surface area contributed by atoms with Gasteiger partial charge in [0.2, 0.25) is 0 Å². The molecule has 2 atom stereocenters. The topological polar surface area (TPSA) is 52.8 Å². The molecule has 0 bridgehead atoms. The summed E-state index contributed by atoms with van der Waals surface area (Å²) in [5.74, 6) is 6.85. The van der Waals surface area contributed by atoms with Crippen LogP contribution in [-0.2, 0) is 0 Å². The number of likely N-dealkylation sites (tertiary alicyclic amines) is 1. The molecule has 25 heavy (non-hydrogen) atoms. The van der Waals surface area contributed by atoms with Crippen LogP contribution in [0.25, 0.3) is 0 Å². The van der Waals surface area contributed by atoms with Gasteiger partial charge in [0.25, 0.3) is 0 Å². The highest BCUT2D eigenvalue weighted by molar-refractivity contribution is 5.39. The molecular formula is C20H17FN4. The van der Waals surface area contributed by atoms with Crippen molar-refractivity contribution in [3.05, 3.63) is 59.6 Å². The van der Waals surface area contributed by atoms with E-state index in [1.54, 1.807) is 24.7 Å². The monoisotopic (exact) mass is 332 g/mol. The smallest absolute Gasteiger partial charge is 0.131 e. The van der Waals surface area contributed by atoms with Gasteiger partial charge in [-0.05, 0) is 36.0 Å². The first-order chi connectivity index (χ1) is 12.2. The SMILES string of the molecule is N#CCC1=CC=C(N2CC3CC3(C#Cc3cnccn3)C2)C=C(F)C1. The minimum atomic E-state index is -0.189. The van der Waals surface area contributed by atoms with Gasteiger partial charge in [-0.3, -0.25) is 4.98 Å². The summed E-state index contributed by atoms with van der Waals surface area (Å²) in [6.45, 7) is 1.70. The molecule has 124 valence electrons. The minimum Gasteiger partial charge on any atom is -0.370 e. The van der Waals surface area contributed by atoms with E-state index in [4.69, 9.17) is 5.26 Å². The van der Waals surface area contributed by atoms with Crippen molar-refractivity contribution < 1.29 is 4.39 Å². The van der Waals surface area contributed by atoms with Crippen LogP contribution in [0.1, 0.15) is 25.0 Å². The van der Waals surface area contributed by atoms with E-state index in [1.807, 2.05) is 12.2 Å². The molecule has 1 aromatic rings.